The van der Waals surface area contributed by atoms with E-state index < -0.39 is 23.2 Å². The summed E-state index contributed by atoms with van der Waals surface area (Å²) in [6, 6.07) is 9.66. The molecule has 1 aliphatic rings. The topological polar surface area (TPSA) is 69.7 Å². The van der Waals surface area contributed by atoms with Crippen LogP contribution < -0.4 is 5.11 Å². The number of carboxylic acid groups (broad SMARTS) is 1. The van der Waals surface area contributed by atoms with E-state index in [9.17, 15) is 14.7 Å². The highest BCUT2D eigenvalue weighted by molar-refractivity contribution is 5.84. The summed E-state index contributed by atoms with van der Waals surface area (Å²) in [5.41, 5.74) is -0.890. The Kier molecular flexibility index (Phi) is 4.97. The number of likely N-dealkylation sites (tertiary alicyclic amines) is 1. The molecular weight excluding hydrogens is 294 g/mol. The predicted molar refractivity (Wildman–Crippen MR) is 84.7 cm³/mol. The third kappa shape index (κ3) is 4.03. The maximum atomic E-state index is 12.4. The molecule has 0 saturated carbocycles. The standard InChI is InChI=1S/C18H25NO4/c1-17(2,3)23-16(22)19-13-7-11-18(19,15(20)21)12-10-14-8-5-4-6-9-14/h4-6,8-9H,7,10-13H2,1-3H3,(H,20,21)/p-1/t18-/m1/s1. The number of aliphatic carboxylic acids is 1. The van der Waals surface area contributed by atoms with Crippen LogP contribution >= 0.6 is 0 Å². The number of aryl methyl sites for hydroxylation is 1. The Morgan fingerprint density at radius 2 is 1.91 bits per heavy atom. The van der Waals surface area contributed by atoms with E-state index in [4.69, 9.17) is 4.74 Å². The van der Waals surface area contributed by atoms with Crippen molar-refractivity contribution in [3.05, 3.63) is 35.9 Å². The number of hydrogen-bond acceptors (Lipinski definition) is 4. The quantitative estimate of drug-likeness (QED) is 0.853. The van der Waals surface area contributed by atoms with Crippen LogP contribution in [-0.4, -0.2) is 34.6 Å². The lowest BCUT2D eigenvalue weighted by molar-refractivity contribution is -0.318. The van der Waals surface area contributed by atoms with E-state index in [0.717, 1.165) is 5.56 Å². The molecule has 1 saturated heterocycles. The molecule has 0 radical (unpaired) electrons. The zero-order valence-electron chi connectivity index (χ0n) is 14.0. The average Bonchev–Trinajstić information content (AvgIpc) is 2.90. The maximum Gasteiger partial charge on any atom is 0.411 e. The Bertz CT molecular complexity index is 564. The number of carbonyl (C=O) groups excluding carboxylic acids is 2. The van der Waals surface area contributed by atoms with Crippen LogP contribution in [0.3, 0.4) is 0 Å². The molecule has 0 N–H and O–H groups in total. The molecule has 1 aromatic rings. The van der Waals surface area contributed by atoms with Gasteiger partial charge in [0, 0.05) is 6.54 Å². The number of hydrogen-bond donors (Lipinski definition) is 0. The van der Waals surface area contributed by atoms with E-state index in [2.05, 4.69) is 0 Å². The molecule has 0 aromatic heterocycles. The van der Waals surface area contributed by atoms with Crippen molar-refractivity contribution >= 4 is 12.1 Å². The minimum Gasteiger partial charge on any atom is -0.548 e. The van der Waals surface area contributed by atoms with Gasteiger partial charge in [0.1, 0.15) is 5.60 Å². The highest BCUT2D eigenvalue weighted by Crippen LogP contribution is 2.34. The van der Waals surface area contributed by atoms with Crippen molar-refractivity contribution in [1.82, 2.24) is 4.90 Å². The lowest BCUT2D eigenvalue weighted by Gasteiger charge is -2.40. The maximum absolute atomic E-state index is 12.4. The van der Waals surface area contributed by atoms with Crippen LogP contribution in [0.15, 0.2) is 30.3 Å². The largest absolute Gasteiger partial charge is 0.548 e. The van der Waals surface area contributed by atoms with Gasteiger partial charge in [-0.1, -0.05) is 30.3 Å². The summed E-state index contributed by atoms with van der Waals surface area (Å²) in [5.74, 6) is -1.20. The molecule has 1 amide bonds. The van der Waals surface area contributed by atoms with Crippen LogP contribution in [0.25, 0.3) is 0 Å². The van der Waals surface area contributed by atoms with Crippen molar-refractivity contribution in [2.45, 2.75) is 57.6 Å². The summed E-state index contributed by atoms with van der Waals surface area (Å²) < 4.78 is 5.38. The molecule has 2 rings (SSSR count). The molecule has 0 bridgehead atoms. The molecule has 0 spiro atoms. The van der Waals surface area contributed by atoms with E-state index in [-0.39, 0.29) is 0 Å². The highest BCUT2D eigenvalue weighted by atomic mass is 16.6. The van der Waals surface area contributed by atoms with Crippen molar-refractivity contribution in [2.75, 3.05) is 6.54 Å². The van der Waals surface area contributed by atoms with Gasteiger partial charge in [0.05, 0.1) is 11.5 Å². The molecule has 5 nitrogen and oxygen atoms in total. The van der Waals surface area contributed by atoms with Gasteiger partial charge in [-0.2, -0.15) is 0 Å². The highest BCUT2D eigenvalue weighted by Gasteiger charge is 2.46. The first kappa shape index (κ1) is 17.3. The molecule has 0 unspecified atom stereocenters. The number of amides is 1. The Morgan fingerprint density at radius 1 is 1.26 bits per heavy atom. The minimum absolute atomic E-state index is 0.332. The van der Waals surface area contributed by atoms with E-state index >= 15 is 0 Å². The zero-order valence-corrected chi connectivity index (χ0v) is 14.0. The van der Waals surface area contributed by atoms with Crippen LogP contribution in [0.1, 0.15) is 45.6 Å². The van der Waals surface area contributed by atoms with Crippen molar-refractivity contribution in [3.8, 4) is 0 Å². The lowest BCUT2D eigenvalue weighted by atomic mass is 9.88. The van der Waals surface area contributed by atoms with Crippen LogP contribution in [0.4, 0.5) is 4.79 Å². The molecule has 1 aliphatic heterocycles. The Balaban J connectivity index is 2.17. The van der Waals surface area contributed by atoms with Crippen LogP contribution in [0, 0.1) is 0 Å². The minimum atomic E-state index is -1.28. The summed E-state index contributed by atoms with van der Waals surface area (Å²) in [6.45, 7) is 5.70. The SMILES string of the molecule is CC(C)(C)OC(=O)N1CCC[C@@]1(CCc1ccccc1)C(=O)[O-]. The van der Waals surface area contributed by atoms with Gasteiger partial charge in [0.25, 0.3) is 0 Å². The summed E-state index contributed by atoms with van der Waals surface area (Å²) in [5, 5.41) is 11.9. The normalized spacial score (nSPS) is 21.3. The number of nitrogens with zero attached hydrogens (tertiary/aromatic N) is 1. The lowest BCUT2D eigenvalue weighted by Crippen LogP contribution is -2.59. The van der Waals surface area contributed by atoms with Gasteiger partial charge in [-0.05, 0) is 52.0 Å². The van der Waals surface area contributed by atoms with E-state index in [1.165, 1.54) is 4.90 Å². The van der Waals surface area contributed by atoms with Crippen LogP contribution in [0.2, 0.25) is 0 Å². The molecule has 1 heterocycles. The summed E-state index contributed by atoms with van der Waals surface area (Å²) >= 11 is 0. The van der Waals surface area contributed by atoms with Gasteiger partial charge in [0.2, 0.25) is 0 Å². The number of ether oxygens (including phenoxy) is 1. The Hall–Kier alpha value is -2.04. The first-order chi connectivity index (χ1) is 10.7. The van der Waals surface area contributed by atoms with E-state index in [1.807, 2.05) is 30.3 Å². The summed E-state index contributed by atoms with van der Waals surface area (Å²) in [7, 11) is 0. The molecular formula is C18H24NO4-. The zero-order chi connectivity index (χ0) is 17.1. The Labute approximate surface area is 137 Å². The first-order valence-corrected chi connectivity index (χ1v) is 8.01. The summed E-state index contributed by atoms with van der Waals surface area (Å²) in [6.07, 6.45) is 1.38. The fourth-order valence-corrected chi connectivity index (χ4v) is 3.03. The van der Waals surface area contributed by atoms with Gasteiger partial charge >= 0.3 is 6.09 Å². The Morgan fingerprint density at radius 3 is 2.48 bits per heavy atom. The predicted octanol–water partition coefficient (Wildman–Crippen LogP) is 2.14. The van der Waals surface area contributed by atoms with E-state index in [0.29, 0.717) is 32.2 Å². The second-order valence-electron chi connectivity index (χ2n) is 7.04. The summed E-state index contributed by atoms with van der Waals surface area (Å²) in [4.78, 5) is 25.6. The van der Waals surface area contributed by atoms with Gasteiger partial charge in [-0.3, -0.25) is 4.90 Å². The first-order valence-electron chi connectivity index (χ1n) is 8.01. The van der Waals surface area contributed by atoms with Crippen molar-refractivity contribution in [3.63, 3.8) is 0 Å². The fourth-order valence-electron chi connectivity index (χ4n) is 3.03. The molecule has 1 atom stereocenters. The second-order valence-corrected chi connectivity index (χ2v) is 7.04. The van der Waals surface area contributed by atoms with Gasteiger partial charge in [0.15, 0.2) is 0 Å². The van der Waals surface area contributed by atoms with E-state index in [1.54, 1.807) is 20.8 Å². The van der Waals surface area contributed by atoms with Crippen LogP contribution in [0.5, 0.6) is 0 Å². The third-order valence-corrected chi connectivity index (χ3v) is 4.15. The molecule has 0 aliphatic carbocycles. The number of rotatable bonds is 4. The molecule has 5 heteroatoms. The third-order valence-electron chi connectivity index (χ3n) is 4.15. The smallest absolute Gasteiger partial charge is 0.411 e. The van der Waals surface area contributed by atoms with Crippen molar-refractivity contribution in [2.24, 2.45) is 0 Å². The molecule has 23 heavy (non-hydrogen) atoms. The van der Waals surface area contributed by atoms with Gasteiger partial charge < -0.3 is 14.6 Å². The van der Waals surface area contributed by atoms with Crippen molar-refractivity contribution < 1.29 is 19.4 Å². The molecule has 126 valence electrons. The monoisotopic (exact) mass is 318 g/mol. The average molecular weight is 318 g/mol. The number of benzene rings is 1. The fraction of sp³-hybridized carbons (Fsp3) is 0.556. The molecule has 1 fully saturated rings. The number of carboxylic acids is 1. The molecule has 1 aromatic carbocycles. The van der Waals surface area contributed by atoms with Crippen LogP contribution in [-0.2, 0) is 16.0 Å². The second kappa shape index (κ2) is 6.60. The number of carbonyl (C=O) groups is 2. The van der Waals surface area contributed by atoms with Gasteiger partial charge in [-0.15, -0.1) is 0 Å². The van der Waals surface area contributed by atoms with Gasteiger partial charge in [-0.25, -0.2) is 4.79 Å². The van der Waals surface area contributed by atoms with Crippen molar-refractivity contribution in [1.29, 1.82) is 0 Å².